The maximum Gasteiger partial charge on any atom is 0.283 e. The van der Waals surface area contributed by atoms with Crippen molar-refractivity contribution in [3.8, 4) is 16.8 Å². The van der Waals surface area contributed by atoms with E-state index in [1.807, 2.05) is 31.4 Å². The van der Waals surface area contributed by atoms with Gasteiger partial charge in [0.25, 0.3) is 5.56 Å². The van der Waals surface area contributed by atoms with E-state index in [9.17, 15) is 4.79 Å². The van der Waals surface area contributed by atoms with E-state index in [1.165, 1.54) is 6.20 Å². The Morgan fingerprint density at radius 2 is 1.88 bits per heavy atom. The molecule has 0 atom stereocenters. The summed E-state index contributed by atoms with van der Waals surface area (Å²) in [5, 5.41) is 4.23. The van der Waals surface area contributed by atoms with Gasteiger partial charge in [0.1, 0.15) is 5.52 Å². The number of imidazole rings is 1. The van der Waals surface area contributed by atoms with E-state index < -0.39 is 0 Å². The zero-order chi connectivity index (χ0) is 17.7. The highest BCUT2D eigenvalue weighted by Gasteiger charge is 2.15. The van der Waals surface area contributed by atoms with Gasteiger partial charge in [0.2, 0.25) is 0 Å². The predicted octanol–water partition coefficient (Wildman–Crippen LogP) is 2.06. The molecule has 0 aliphatic rings. The molecule has 0 aliphatic heterocycles. The maximum atomic E-state index is 13.0. The number of aromatic amines is 1. The Balaban J connectivity index is 1.85. The van der Waals surface area contributed by atoms with Crippen molar-refractivity contribution >= 4 is 22.1 Å². The van der Waals surface area contributed by atoms with Crippen LogP contribution in [0.2, 0.25) is 0 Å². The molecule has 0 bridgehead atoms. The van der Waals surface area contributed by atoms with Crippen LogP contribution in [0.4, 0.5) is 0 Å². The first-order chi connectivity index (χ1) is 12.7. The van der Waals surface area contributed by atoms with Gasteiger partial charge in [-0.1, -0.05) is 0 Å². The highest BCUT2D eigenvalue weighted by Crippen LogP contribution is 2.25. The van der Waals surface area contributed by atoms with Gasteiger partial charge in [0.15, 0.2) is 5.52 Å². The number of rotatable bonds is 2. The van der Waals surface area contributed by atoms with Gasteiger partial charge < -0.3 is 4.98 Å². The van der Waals surface area contributed by atoms with Crippen LogP contribution >= 0.6 is 0 Å². The summed E-state index contributed by atoms with van der Waals surface area (Å²) in [5.74, 6) is 0. The molecule has 0 aliphatic carbocycles. The number of fused-ring (bicyclic) bond motifs is 2. The zero-order valence-electron chi connectivity index (χ0n) is 13.8. The molecule has 0 spiro atoms. The summed E-state index contributed by atoms with van der Waals surface area (Å²) < 4.78 is 3.29. The third-order valence-electron chi connectivity index (χ3n) is 4.33. The third-order valence-corrected chi connectivity index (χ3v) is 4.33. The summed E-state index contributed by atoms with van der Waals surface area (Å²) in [6.07, 6.45) is 10.2. The number of H-pyrrole nitrogens is 1. The summed E-state index contributed by atoms with van der Waals surface area (Å²) >= 11 is 0. The fourth-order valence-electron chi connectivity index (χ4n) is 3.09. The van der Waals surface area contributed by atoms with Crippen molar-refractivity contribution in [1.82, 2.24) is 34.3 Å². The maximum absolute atomic E-state index is 13.0. The Morgan fingerprint density at radius 3 is 2.69 bits per heavy atom. The third kappa shape index (κ3) is 2.12. The van der Waals surface area contributed by atoms with E-state index in [0.29, 0.717) is 11.0 Å². The average molecular weight is 343 g/mol. The minimum Gasteiger partial charge on any atom is -0.345 e. The number of hydrogen-bond acceptors (Lipinski definition) is 5. The number of nitrogens with one attached hydrogen (secondary N) is 1. The fourth-order valence-corrected chi connectivity index (χ4v) is 3.09. The van der Waals surface area contributed by atoms with Crippen molar-refractivity contribution in [1.29, 1.82) is 0 Å². The second-order valence-electron chi connectivity index (χ2n) is 5.98. The van der Waals surface area contributed by atoms with Crippen molar-refractivity contribution in [2.24, 2.45) is 7.05 Å². The summed E-state index contributed by atoms with van der Waals surface area (Å²) in [5.41, 5.74) is 4.75. The van der Waals surface area contributed by atoms with Crippen LogP contribution in [-0.2, 0) is 7.05 Å². The van der Waals surface area contributed by atoms with Crippen LogP contribution in [0, 0.1) is 0 Å². The molecule has 5 aromatic rings. The van der Waals surface area contributed by atoms with Crippen molar-refractivity contribution in [2.75, 3.05) is 0 Å². The number of aromatic nitrogens is 7. The quantitative estimate of drug-likeness (QED) is 0.529. The molecule has 0 unspecified atom stereocenters. The van der Waals surface area contributed by atoms with Gasteiger partial charge in [-0.25, -0.2) is 9.97 Å². The highest BCUT2D eigenvalue weighted by atomic mass is 16.1. The molecular weight excluding hydrogens is 330 g/mol. The first-order valence-electron chi connectivity index (χ1n) is 7.99. The van der Waals surface area contributed by atoms with Crippen LogP contribution in [0.1, 0.15) is 0 Å². The zero-order valence-corrected chi connectivity index (χ0v) is 13.8. The van der Waals surface area contributed by atoms with Crippen molar-refractivity contribution < 1.29 is 0 Å². The fraction of sp³-hybridized carbons (Fsp3) is 0.0556. The minimum absolute atomic E-state index is 0.223. The van der Waals surface area contributed by atoms with Gasteiger partial charge in [-0.2, -0.15) is 5.10 Å². The first kappa shape index (κ1) is 14.5. The van der Waals surface area contributed by atoms with E-state index in [-0.39, 0.29) is 5.56 Å². The molecule has 0 amide bonds. The molecule has 8 nitrogen and oxygen atoms in total. The molecule has 4 heterocycles. The minimum atomic E-state index is -0.223. The van der Waals surface area contributed by atoms with Gasteiger partial charge in [0.05, 0.1) is 29.2 Å². The van der Waals surface area contributed by atoms with Crippen LogP contribution in [0.15, 0.2) is 60.3 Å². The van der Waals surface area contributed by atoms with Gasteiger partial charge in [-0.3, -0.25) is 19.0 Å². The number of pyridine rings is 1. The lowest BCUT2D eigenvalue weighted by molar-refractivity contribution is 0.768. The monoisotopic (exact) mass is 343 g/mol. The molecule has 0 fully saturated rings. The first-order valence-corrected chi connectivity index (χ1v) is 7.99. The smallest absolute Gasteiger partial charge is 0.283 e. The Bertz CT molecular complexity index is 1330. The number of nitrogens with zero attached hydrogens (tertiary/aromatic N) is 6. The molecule has 26 heavy (non-hydrogen) atoms. The second-order valence-corrected chi connectivity index (χ2v) is 5.98. The summed E-state index contributed by atoms with van der Waals surface area (Å²) in [4.78, 5) is 28.9. The summed E-state index contributed by atoms with van der Waals surface area (Å²) in [6, 6.07) is 5.62. The second kappa shape index (κ2) is 5.35. The van der Waals surface area contributed by atoms with E-state index in [0.717, 1.165) is 27.8 Å². The largest absolute Gasteiger partial charge is 0.345 e. The van der Waals surface area contributed by atoms with Gasteiger partial charge in [0, 0.05) is 43.0 Å². The standard InChI is InChI=1S/C18H13N7O/c1-24-8-11(7-23-24)13-9-25(18(26)17-16(13)19-4-5-20-17)12-2-3-14-15(6-12)22-10-21-14/h2-10H,1H3,(H,21,22). The Kier molecular flexibility index (Phi) is 2.99. The van der Waals surface area contributed by atoms with Gasteiger partial charge in [-0.05, 0) is 18.2 Å². The lowest BCUT2D eigenvalue weighted by Crippen LogP contribution is -2.19. The molecule has 1 N–H and O–H groups in total. The van der Waals surface area contributed by atoms with Crippen LogP contribution in [0.3, 0.4) is 0 Å². The van der Waals surface area contributed by atoms with E-state index in [4.69, 9.17) is 0 Å². The normalized spacial score (nSPS) is 11.4. The predicted molar refractivity (Wildman–Crippen MR) is 97.0 cm³/mol. The lowest BCUT2D eigenvalue weighted by atomic mass is 10.1. The molecule has 8 heteroatoms. The van der Waals surface area contributed by atoms with Crippen molar-refractivity contribution in [2.45, 2.75) is 0 Å². The molecule has 0 saturated carbocycles. The summed E-state index contributed by atoms with van der Waals surface area (Å²) in [6.45, 7) is 0. The number of aryl methyl sites for hydroxylation is 1. The highest BCUT2D eigenvalue weighted by molar-refractivity contribution is 5.90. The van der Waals surface area contributed by atoms with E-state index in [1.54, 1.807) is 34.2 Å². The Hall–Kier alpha value is -3.81. The Labute approximate surface area is 146 Å². The van der Waals surface area contributed by atoms with Gasteiger partial charge >= 0.3 is 0 Å². The number of benzene rings is 1. The molecule has 126 valence electrons. The average Bonchev–Trinajstić information content (AvgIpc) is 3.30. The van der Waals surface area contributed by atoms with E-state index >= 15 is 0 Å². The van der Waals surface area contributed by atoms with Crippen LogP contribution in [0.25, 0.3) is 38.9 Å². The molecule has 1 aromatic carbocycles. The molecule has 0 saturated heterocycles. The molecule has 4 aromatic heterocycles. The molecular formula is C18H13N7O. The van der Waals surface area contributed by atoms with E-state index in [2.05, 4.69) is 25.0 Å². The molecule has 5 rings (SSSR count). The Morgan fingerprint density at radius 1 is 1.04 bits per heavy atom. The SMILES string of the molecule is Cn1cc(-c2cn(-c3ccc4nc[nH]c4c3)c(=O)c3nccnc23)cn1. The van der Waals surface area contributed by atoms with Gasteiger partial charge in [-0.15, -0.1) is 0 Å². The molecule has 0 radical (unpaired) electrons. The summed E-state index contributed by atoms with van der Waals surface area (Å²) in [7, 11) is 1.85. The topological polar surface area (TPSA) is 94.3 Å². The van der Waals surface area contributed by atoms with Crippen LogP contribution in [-0.4, -0.2) is 34.3 Å². The van der Waals surface area contributed by atoms with Crippen LogP contribution < -0.4 is 5.56 Å². The van der Waals surface area contributed by atoms with Crippen molar-refractivity contribution in [3.05, 3.63) is 65.9 Å². The lowest BCUT2D eigenvalue weighted by Gasteiger charge is -2.10. The number of hydrogen-bond donors (Lipinski definition) is 1. The van der Waals surface area contributed by atoms with Crippen molar-refractivity contribution in [3.63, 3.8) is 0 Å². The van der Waals surface area contributed by atoms with Crippen LogP contribution in [0.5, 0.6) is 0 Å².